The van der Waals surface area contributed by atoms with Gasteiger partial charge in [0.05, 0.1) is 14.2 Å². The number of carbonyl (C=O) groups is 1. The van der Waals surface area contributed by atoms with E-state index in [0.717, 1.165) is 31.2 Å². The van der Waals surface area contributed by atoms with Crippen LogP contribution in [0.1, 0.15) is 41.6 Å². The van der Waals surface area contributed by atoms with Gasteiger partial charge < -0.3 is 14.8 Å². The molecule has 0 saturated carbocycles. The van der Waals surface area contributed by atoms with E-state index in [1.54, 1.807) is 24.4 Å². The van der Waals surface area contributed by atoms with Crippen molar-refractivity contribution < 1.29 is 22.7 Å². The average molecular weight is 434 g/mol. The Hall–Kier alpha value is -2.65. The van der Waals surface area contributed by atoms with Gasteiger partial charge in [0.1, 0.15) is 10.6 Å². The first-order chi connectivity index (χ1) is 14.5. The summed E-state index contributed by atoms with van der Waals surface area (Å²) in [6.45, 7) is 1.22. The van der Waals surface area contributed by atoms with E-state index in [1.165, 1.54) is 30.7 Å². The van der Waals surface area contributed by atoms with E-state index in [9.17, 15) is 13.2 Å². The van der Waals surface area contributed by atoms with Gasteiger partial charge in [0.2, 0.25) is 15.9 Å². The quantitative estimate of drug-likeness (QED) is 0.721. The summed E-state index contributed by atoms with van der Waals surface area (Å²) in [5, 5.41) is 2.80. The maximum Gasteiger partial charge on any atom is 0.251 e. The zero-order valence-electron chi connectivity index (χ0n) is 17.3. The molecule has 9 heteroatoms. The van der Waals surface area contributed by atoms with Crippen LogP contribution in [-0.2, 0) is 16.6 Å². The van der Waals surface area contributed by atoms with E-state index in [4.69, 9.17) is 9.47 Å². The van der Waals surface area contributed by atoms with Gasteiger partial charge >= 0.3 is 0 Å². The largest absolute Gasteiger partial charge is 0.495 e. The number of sulfonamides is 1. The molecule has 0 aliphatic carbocycles. The third-order valence-electron chi connectivity index (χ3n) is 5.07. The molecule has 0 spiro atoms. The number of carbonyl (C=O) groups excluding carboxylic acids is 1. The third-order valence-corrected chi connectivity index (χ3v) is 6.99. The van der Waals surface area contributed by atoms with Gasteiger partial charge in [-0.15, -0.1) is 0 Å². The van der Waals surface area contributed by atoms with E-state index in [1.807, 2.05) is 0 Å². The number of pyridine rings is 1. The molecule has 8 nitrogen and oxygen atoms in total. The van der Waals surface area contributed by atoms with Crippen LogP contribution >= 0.6 is 0 Å². The third kappa shape index (κ3) is 5.09. The second kappa shape index (κ2) is 9.90. The van der Waals surface area contributed by atoms with Crippen molar-refractivity contribution in [3.8, 4) is 11.6 Å². The molecule has 0 atom stereocenters. The molecule has 1 aliphatic heterocycles. The normalized spacial score (nSPS) is 15.3. The van der Waals surface area contributed by atoms with Gasteiger partial charge in [-0.25, -0.2) is 13.4 Å². The Balaban J connectivity index is 1.81. The molecule has 0 bridgehead atoms. The number of ether oxygens (including phenoxy) is 2. The number of amides is 1. The van der Waals surface area contributed by atoms with Crippen molar-refractivity contribution in [1.82, 2.24) is 14.6 Å². The summed E-state index contributed by atoms with van der Waals surface area (Å²) in [5.41, 5.74) is 1.08. The molecule has 2 heterocycles. The highest BCUT2D eigenvalue weighted by Gasteiger charge is 2.29. The van der Waals surface area contributed by atoms with Gasteiger partial charge in [-0.2, -0.15) is 4.31 Å². The molecule has 1 amide bonds. The molecule has 0 radical (unpaired) electrons. The Morgan fingerprint density at radius 3 is 2.47 bits per heavy atom. The van der Waals surface area contributed by atoms with E-state index in [2.05, 4.69) is 10.3 Å². The van der Waals surface area contributed by atoms with Gasteiger partial charge in [-0.3, -0.25) is 4.79 Å². The molecule has 1 aliphatic rings. The van der Waals surface area contributed by atoms with Crippen molar-refractivity contribution in [2.45, 2.75) is 37.1 Å². The summed E-state index contributed by atoms with van der Waals surface area (Å²) in [5.74, 6) is 0.312. The number of nitrogens with zero attached hydrogens (tertiary/aromatic N) is 2. The van der Waals surface area contributed by atoms with Crippen LogP contribution in [0.3, 0.4) is 0 Å². The minimum Gasteiger partial charge on any atom is -0.495 e. The number of aromatic nitrogens is 1. The topological polar surface area (TPSA) is 97.8 Å². The van der Waals surface area contributed by atoms with Crippen molar-refractivity contribution in [2.75, 3.05) is 27.3 Å². The highest BCUT2D eigenvalue weighted by molar-refractivity contribution is 7.89. The van der Waals surface area contributed by atoms with Crippen molar-refractivity contribution in [1.29, 1.82) is 0 Å². The molecular formula is C21H27N3O5S. The zero-order chi connectivity index (χ0) is 21.6. The fraction of sp³-hybridized carbons (Fsp3) is 0.429. The summed E-state index contributed by atoms with van der Waals surface area (Å²) >= 11 is 0. The van der Waals surface area contributed by atoms with Gasteiger partial charge in [0.25, 0.3) is 5.91 Å². The van der Waals surface area contributed by atoms with E-state index in [-0.39, 0.29) is 28.7 Å². The first-order valence-corrected chi connectivity index (χ1v) is 11.3. The Kier molecular flexibility index (Phi) is 7.28. The Bertz CT molecular complexity index is 986. The Morgan fingerprint density at radius 2 is 1.80 bits per heavy atom. The summed E-state index contributed by atoms with van der Waals surface area (Å²) in [6.07, 6.45) is 5.30. The minimum atomic E-state index is -3.76. The van der Waals surface area contributed by atoms with Crippen LogP contribution in [0.2, 0.25) is 0 Å². The highest BCUT2D eigenvalue weighted by Crippen LogP contribution is 2.29. The number of rotatable bonds is 7. The number of hydrogen-bond acceptors (Lipinski definition) is 6. The molecule has 3 rings (SSSR count). The fourth-order valence-corrected chi connectivity index (χ4v) is 5.10. The summed E-state index contributed by atoms with van der Waals surface area (Å²) in [6, 6.07) is 7.97. The van der Waals surface area contributed by atoms with Gasteiger partial charge in [0, 0.05) is 37.5 Å². The molecule has 0 unspecified atom stereocenters. The maximum absolute atomic E-state index is 13.2. The monoisotopic (exact) mass is 433 g/mol. The van der Waals surface area contributed by atoms with E-state index in [0.29, 0.717) is 19.0 Å². The molecule has 2 aromatic rings. The summed E-state index contributed by atoms with van der Waals surface area (Å²) < 4.78 is 38.3. The lowest BCUT2D eigenvalue weighted by molar-refractivity contribution is 0.0950. The van der Waals surface area contributed by atoms with Crippen LogP contribution in [0.4, 0.5) is 0 Å². The Labute approximate surface area is 177 Å². The van der Waals surface area contributed by atoms with Gasteiger partial charge in [-0.05, 0) is 42.7 Å². The lowest BCUT2D eigenvalue weighted by Crippen LogP contribution is -2.32. The second-order valence-electron chi connectivity index (χ2n) is 7.07. The number of hydrogen-bond donors (Lipinski definition) is 1. The molecule has 1 N–H and O–H groups in total. The Morgan fingerprint density at radius 1 is 1.07 bits per heavy atom. The van der Waals surface area contributed by atoms with Crippen LogP contribution in [0.15, 0.2) is 41.4 Å². The van der Waals surface area contributed by atoms with Gasteiger partial charge in [-0.1, -0.05) is 12.8 Å². The predicted molar refractivity (Wildman–Crippen MR) is 112 cm³/mol. The maximum atomic E-state index is 13.2. The molecule has 1 aromatic heterocycles. The van der Waals surface area contributed by atoms with Crippen LogP contribution in [0, 0.1) is 0 Å². The van der Waals surface area contributed by atoms with Crippen molar-refractivity contribution in [3.05, 3.63) is 47.7 Å². The van der Waals surface area contributed by atoms with Crippen LogP contribution in [0.25, 0.3) is 0 Å². The minimum absolute atomic E-state index is 0.0186. The smallest absolute Gasteiger partial charge is 0.251 e. The molecule has 162 valence electrons. The molecule has 30 heavy (non-hydrogen) atoms. The van der Waals surface area contributed by atoms with E-state index < -0.39 is 10.0 Å². The molecular weight excluding hydrogens is 406 g/mol. The number of benzene rings is 1. The highest BCUT2D eigenvalue weighted by atomic mass is 32.2. The lowest BCUT2D eigenvalue weighted by atomic mass is 10.2. The molecule has 1 saturated heterocycles. The lowest BCUT2D eigenvalue weighted by Gasteiger charge is -2.21. The average Bonchev–Trinajstić information content (AvgIpc) is 3.07. The first-order valence-electron chi connectivity index (χ1n) is 9.91. The number of methoxy groups -OCH3 is 2. The molecule has 1 aromatic carbocycles. The van der Waals surface area contributed by atoms with Crippen LogP contribution < -0.4 is 14.8 Å². The second-order valence-corrected chi connectivity index (χ2v) is 8.98. The summed E-state index contributed by atoms with van der Waals surface area (Å²) in [4.78, 5) is 16.7. The van der Waals surface area contributed by atoms with Crippen molar-refractivity contribution >= 4 is 15.9 Å². The summed E-state index contributed by atoms with van der Waals surface area (Å²) in [7, 11) is -0.811. The van der Waals surface area contributed by atoms with Crippen LogP contribution in [-0.4, -0.2) is 50.9 Å². The SMILES string of the molecule is COc1cc(CNC(=O)c2ccc(OC)c(S(=O)(=O)N3CCCCCC3)c2)ccn1. The van der Waals surface area contributed by atoms with Gasteiger partial charge in [0.15, 0.2) is 0 Å². The standard InChI is InChI=1S/C21H27N3O5S/c1-28-18-8-7-17(21(25)23-15-16-9-10-22-20(13-16)29-2)14-19(18)30(26,27)24-11-5-3-4-6-12-24/h7-10,13-14H,3-6,11-12,15H2,1-2H3,(H,23,25). The van der Waals surface area contributed by atoms with Crippen molar-refractivity contribution in [3.63, 3.8) is 0 Å². The first kappa shape index (κ1) is 22.0. The fourth-order valence-electron chi connectivity index (χ4n) is 3.40. The molecule has 1 fully saturated rings. The van der Waals surface area contributed by atoms with E-state index >= 15 is 0 Å². The number of nitrogens with one attached hydrogen (secondary N) is 1. The predicted octanol–water partition coefficient (Wildman–Crippen LogP) is 2.59. The van der Waals surface area contributed by atoms with Crippen molar-refractivity contribution in [2.24, 2.45) is 0 Å². The zero-order valence-corrected chi connectivity index (χ0v) is 18.1. The van der Waals surface area contributed by atoms with Crippen LogP contribution in [0.5, 0.6) is 11.6 Å².